The van der Waals surface area contributed by atoms with Gasteiger partial charge >= 0.3 is 0 Å². The first-order valence-corrected chi connectivity index (χ1v) is 11.4. The Morgan fingerprint density at radius 1 is 1.36 bits per heavy atom. The minimum atomic E-state index is -1.90. The van der Waals surface area contributed by atoms with Crippen molar-refractivity contribution in [2.45, 2.75) is 63.8 Å². The third-order valence-corrected chi connectivity index (χ3v) is 9.80. The van der Waals surface area contributed by atoms with Crippen LogP contribution in [0.2, 0.25) is 18.1 Å². The van der Waals surface area contributed by atoms with Gasteiger partial charge in [0.2, 0.25) is 0 Å². The van der Waals surface area contributed by atoms with Gasteiger partial charge in [-0.1, -0.05) is 26.8 Å². The highest BCUT2D eigenvalue weighted by atomic mass is 28.4. The van der Waals surface area contributed by atoms with Gasteiger partial charge in [0.05, 0.1) is 12.4 Å². The Morgan fingerprint density at radius 3 is 2.72 bits per heavy atom. The van der Waals surface area contributed by atoms with Crippen LogP contribution in [0.4, 0.5) is 5.82 Å². The Bertz CT molecular complexity index is 783. The molecule has 3 heterocycles. The molecule has 25 heavy (non-hydrogen) atoms. The lowest BCUT2D eigenvalue weighted by molar-refractivity contribution is 0.0109. The van der Waals surface area contributed by atoms with Crippen molar-refractivity contribution in [3.8, 4) is 0 Å². The van der Waals surface area contributed by atoms with Crippen LogP contribution in [-0.4, -0.2) is 40.0 Å². The van der Waals surface area contributed by atoms with Gasteiger partial charge < -0.3 is 14.9 Å². The van der Waals surface area contributed by atoms with E-state index in [1.165, 1.54) is 6.33 Å². The second-order valence-electron chi connectivity index (χ2n) is 8.03. The van der Waals surface area contributed by atoms with Crippen molar-refractivity contribution < 1.29 is 9.16 Å². The Balaban J connectivity index is 1.86. The maximum atomic E-state index is 6.58. The van der Waals surface area contributed by atoms with E-state index in [0.717, 1.165) is 6.42 Å². The van der Waals surface area contributed by atoms with E-state index >= 15 is 0 Å². The number of imidazole rings is 1. The van der Waals surface area contributed by atoms with Crippen molar-refractivity contribution in [3.05, 3.63) is 25.3 Å². The molecule has 0 spiro atoms. The predicted molar refractivity (Wildman–Crippen MR) is 101 cm³/mol. The minimum absolute atomic E-state index is 0.0278. The summed E-state index contributed by atoms with van der Waals surface area (Å²) in [5.41, 5.74) is 7.14. The van der Waals surface area contributed by atoms with Crippen LogP contribution in [0.15, 0.2) is 25.3 Å². The molecule has 1 aliphatic heterocycles. The monoisotopic (exact) mass is 361 g/mol. The van der Waals surface area contributed by atoms with Gasteiger partial charge in [0.1, 0.15) is 24.2 Å². The summed E-state index contributed by atoms with van der Waals surface area (Å²) in [5, 5.41) is 0.139. The fourth-order valence-electron chi connectivity index (χ4n) is 2.80. The molecule has 0 saturated carbocycles. The lowest BCUT2D eigenvalue weighted by atomic mass is 10.2. The van der Waals surface area contributed by atoms with E-state index in [0.29, 0.717) is 17.0 Å². The summed E-state index contributed by atoms with van der Waals surface area (Å²) in [6.45, 7) is 15.1. The molecule has 0 bridgehead atoms. The molecule has 8 heteroatoms. The topological polar surface area (TPSA) is 88.1 Å². The summed E-state index contributed by atoms with van der Waals surface area (Å²) >= 11 is 0. The second-order valence-corrected chi connectivity index (χ2v) is 12.8. The highest BCUT2D eigenvalue weighted by Gasteiger charge is 2.44. The first-order valence-electron chi connectivity index (χ1n) is 8.53. The van der Waals surface area contributed by atoms with Crippen LogP contribution < -0.4 is 5.73 Å². The van der Waals surface area contributed by atoms with Crippen molar-refractivity contribution in [1.29, 1.82) is 0 Å². The lowest BCUT2D eigenvalue weighted by Gasteiger charge is -2.39. The van der Waals surface area contributed by atoms with Gasteiger partial charge in [-0.3, -0.25) is 4.57 Å². The Morgan fingerprint density at radius 2 is 2.08 bits per heavy atom. The predicted octanol–water partition coefficient (Wildman–Crippen LogP) is 3.27. The number of hydrogen-bond acceptors (Lipinski definition) is 6. The highest BCUT2D eigenvalue weighted by molar-refractivity contribution is 6.74. The van der Waals surface area contributed by atoms with Crippen LogP contribution >= 0.6 is 0 Å². The van der Waals surface area contributed by atoms with Gasteiger partial charge in [0.25, 0.3) is 0 Å². The molecule has 2 aromatic heterocycles. The number of nitrogens with two attached hydrogens (primary N) is 1. The summed E-state index contributed by atoms with van der Waals surface area (Å²) in [4.78, 5) is 12.6. The van der Waals surface area contributed by atoms with Crippen LogP contribution in [0.25, 0.3) is 11.2 Å². The Labute approximate surface area is 149 Å². The van der Waals surface area contributed by atoms with Gasteiger partial charge in [-0.2, -0.15) is 0 Å². The molecule has 0 radical (unpaired) electrons. The molecule has 1 saturated heterocycles. The number of nitrogen functional groups attached to an aromatic ring is 1. The normalized spacial score (nSPS) is 24.8. The van der Waals surface area contributed by atoms with E-state index < -0.39 is 8.32 Å². The third kappa shape index (κ3) is 3.21. The van der Waals surface area contributed by atoms with Crippen LogP contribution in [-0.2, 0) is 9.16 Å². The number of nitrogens with zero attached hydrogens (tertiary/aromatic N) is 4. The van der Waals surface area contributed by atoms with Crippen LogP contribution in [0, 0.1) is 0 Å². The highest BCUT2D eigenvalue weighted by Crippen LogP contribution is 2.41. The maximum Gasteiger partial charge on any atom is 0.192 e. The molecular weight excluding hydrogens is 334 g/mol. The van der Waals surface area contributed by atoms with E-state index in [4.69, 9.17) is 14.9 Å². The summed E-state index contributed by atoms with van der Waals surface area (Å²) in [7, 11) is -1.90. The van der Waals surface area contributed by atoms with Gasteiger partial charge in [-0.05, 0) is 18.1 Å². The summed E-state index contributed by atoms with van der Waals surface area (Å²) in [6.07, 6.45) is 5.29. The minimum Gasteiger partial charge on any atom is -0.411 e. The molecule has 0 unspecified atom stereocenters. The SMILES string of the molecule is C=C[C@H]1O[C@@H](n2cnc3c(N)ncnc32)C[C@@H]1O[Si](C)(C)C(C)(C)C. The number of fused-ring (bicyclic) bond motifs is 1. The van der Waals surface area contributed by atoms with E-state index in [1.54, 1.807) is 6.33 Å². The van der Waals surface area contributed by atoms with Gasteiger partial charge in [0, 0.05) is 6.42 Å². The van der Waals surface area contributed by atoms with Crippen molar-refractivity contribution in [2.75, 3.05) is 5.73 Å². The molecule has 136 valence electrons. The summed E-state index contributed by atoms with van der Waals surface area (Å²) < 4.78 is 14.7. The molecule has 1 fully saturated rings. The van der Waals surface area contributed by atoms with E-state index in [-0.39, 0.29) is 23.5 Å². The standard InChI is InChI=1S/C17H27N5O2Si/c1-7-11-12(24-25(5,6)17(2,3)4)8-13(23-11)22-10-21-14-15(18)19-9-20-16(14)22/h7,9-13H,1,8H2,2-6H3,(H2,18,19,20)/t11-,12+,13-/m1/s1. The molecule has 2 N–H and O–H groups in total. The molecule has 2 aromatic rings. The first kappa shape index (κ1) is 18.0. The second kappa shape index (κ2) is 6.19. The van der Waals surface area contributed by atoms with Gasteiger partial charge in [-0.25, -0.2) is 15.0 Å². The van der Waals surface area contributed by atoms with E-state index in [2.05, 4.69) is 55.4 Å². The maximum absolute atomic E-state index is 6.58. The number of ether oxygens (including phenoxy) is 1. The zero-order valence-electron chi connectivity index (χ0n) is 15.6. The van der Waals surface area contributed by atoms with Crippen LogP contribution in [0.5, 0.6) is 0 Å². The molecule has 0 amide bonds. The van der Waals surface area contributed by atoms with Crippen molar-refractivity contribution in [3.63, 3.8) is 0 Å². The smallest absolute Gasteiger partial charge is 0.192 e. The van der Waals surface area contributed by atoms with Crippen molar-refractivity contribution in [2.24, 2.45) is 0 Å². The lowest BCUT2D eigenvalue weighted by Crippen LogP contribution is -2.45. The zero-order valence-corrected chi connectivity index (χ0v) is 16.6. The number of rotatable bonds is 4. The zero-order chi connectivity index (χ0) is 18.4. The van der Waals surface area contributed by atoms with Gasteiger partial charge in [-0.15, -0.1) is 6.58 Å². The van der Waals surface area contributed by atoms with Crippen molar-refractivity contribution in [1.82, 2.24) is 19.5 Å². The molecule has 0 aromatic carbocycles. The fourth-order valence-corrected chi connectivity index (χ4v) is 4.14. The van der Waals surface area contributed by atoms with Crippen molar-refractivity contribution >= 4 is 25.3 Å². The Kier molecular flexibility index (Phi) is 4.46. The van der Waals surface area contributed by atoms with E-state index in [9.17, 15) is 0 Å². The largest absolute Gasteiger partial charge is 0.411 e. The number of aromatic nitrogens is 4. The molecular formula is C17H27N5O2Si. The summed E-state index contributed by atoms with van der Waals surface area (Å²) in [5.74, 6) is 0.371. The van der Waals surface area contributed by atoms with Crippen LogP contribution in [0.3, 0.4) is 0 Å². The molecule has 7 nitrogen and oxygen atoms in total. The third-order valence-electron chi connectivity index (χ3n) is 5.30. The Hall–Kier alpha value is -1.77. The first-order chi connectivity index (χ1) is 11.6. The fraction of sp³-hybridized carbons (Fsp3) is 0.588. The molecule has 0 aliphatic carbocycles. The van der Waals surface area contributed by atoms with Gasteiger partial charge in [0.15, 0.2) is 19.8 Å². The number of anilines is 1. The number of hydrogen-bond donors (Lipinski definition) is 1. The molecule has 3 rings (SSSR count). The van der Waals surface area contributed by atoms with E-state index in [1.807, 2.05) is 10.6 Å². The molecule has 1 aliphatic rings. The quantitative estimate of drug-likeness (QED) is 0.664. The average molecular weight is 362 g/mol. The van der Waals surface area contributed by atoms with Crippen LogP contribution in [0.1, 0.15) is 33.4 Å². The average Bonchev–Trinajstić information content (AvgIpc) is 3.10. The summed E-state index contributed by atoms with van der Waals surface area (Å²) in [6, 6.07) is 0. The molecule has 3 atom stereocenters.